The fourth-order valence-corrected chi connectivity index (χ4v) is 10.3. The molecule has 5 aromatic rings. The maximum atomic E-state index is 14.6. The lowest BCUT2D eigenvalue weighted by molar-refractivity contribution is 0.208. The van der Waals surface area contributed by atoms with Crippen molar-refractivity contribution in [3.05, 3.63) is 99.4 Å². The molecular weight excluding hydrogens is 727 g/mol. The van der Waals surface area contributed by atoms with Crippen LogP contribution in [0.3, 0.4) is 0 Å². The number of nitrogens with one attached hydrogen (secondary N) is 1. The molecule has 2 saturated heterocycles. The first-order chi connectivity index (χ1) is 24.5. The quantitative estimate of drug-likeness (QED) is 0.127. The minimum Gasteiger partial charge on any atom is -0.598 e. The Balaban J connectivity index is 1.25. The van der Waals surface area contributed by atoms with Gasteiger partial charge in [0.15, 0.2) is 0 Å². The smallest absolute Gasteiger partial charge is 0.260 e. The summed E-state index contributed by atoms with van der Waals surface area (Å²) >= 11 is 12.7. The number of pyridine rings is 1. The van der Waals surface area contributed by atoms with E-state index in [0.29, 0.717) is 63.8 Å². The van der Waals surface area contributed by atoms with Crippen LogP contribution in [0, 0.1) is 0 Å². The largest absolute Gasteiger partial charge is 0.598 e. The van der Waals surface area contributed by atoms with E-state index in [1.54, 1.807) is 41.5 Å². The van der Waals surface area contributed by atoms with E-state index in [0.717, 1.165) is 30.9 Å². The molecule has 7 rings (SSSR count). The Morgan fingerprint density at radius 3 is 2.27 bits per heavy atom. The van der Waals surface area contributed by atoms with Gasteiger partial charge in [0.25, 0.3) is 5.56 Å². The second-order valence-corrected chi connectivity index (χ2v) is 18.3. The Kier molecular flexibility index (Phi) is 10.5. The standard InChI is InChI=1S/C37H40Cl2N6O4S2/c1-43-16-15-28(23-43)49-27-11-9-25(10-12-27)41-37-40-22-24-19-31(36(46)45(35(24)42-37)26-13-17-44(18-14-26)50(2)47)34-32(38)20-30(21-33(34)39)51(3,48)29-7-5-4-6-8-29/h4-12,19-22,26,28,51H,13-18,23H2,1-3H3,(H,40,41,42). The zero-order chi connectivity index (χ0) is 35.9. The molecule has 0 radical (unpaired) electrons. The molecule has 1 N–H and O–H groups in total. The fraction of sp³-hybridized carbons (Fsp3) is 0.324. The number of hydrogen-bond acceptors (Lipinski definition) is 9. The van der Waals surface area contributed by atoms with Gasteiger partial charge in [0, 0.05) is 76.2 Å². The lowest BCUT2D eigenvalue weighted by Gasteiger charge is -2.32. The topological polar surface area (TPSA) is 116 Å². The number of ether oxygens (including phenoxy) is 1. The van der Waals surface area contributed by atoms with Crippen molar-refractivity contribution in [2.24, 2.45) is 0 Å². The molecule has 14 heteroatoms. The third-order valence-electron chi connectivity index (χ3n) is 9.72. The summed E-state index contributed by atoms with van der Waals surface area (Å²) in [6, 6.07) is 21.7. The van der Waals surface area contributed by atoms with E-state index in [4.69, 9.17) is 32.9 Å². The Morgan fingerprint density at radius 1 is 0.961 bits per heavy atom. The van der Waals surface area contributed by atoms with Crippen LogP contribution < -0.4 is 15.6 Å². The van der Waals surface area contributed by atoms with E-state index < -0.39 is 21.3 Å². The highest BCUT2D eigenvalue weighted by atomic mass is 35.5. The lowest BCUT2D eigenvalue weighted by atomic mass is 10.0. The number of piperidine rings is 1. The first kappa shape index (κ1) is 35.9. The van der Waals surface area contributed by atoms with Gasteiger partial charge in [-0.2, -0.15) is 4.98 Å². The predicted molar refractivity (Wildman–Crippen MR) is 208 cm³/mol. The van der Waals surface area contributed by atoms with Crippen molar-refractivity contribution in [1.82, 2.24) is 23.7 Å². The number of nitrogens with zero attached hydrogens (tertiary/aromatic N) is 5. The van der Waals surface area contributed by atoms with E-state index in [9.17, 15) is 13.6 Å². The van der Waals surface area contributed by atoms with Crippen molar-refractivity contribution >= 4 is 67.2 Å². The van der Waals surface area contributed by atoms with E-state index in [1.807, 2.05) is 58.9 Å². The van der Waals surface area contributed by atoms with E-state index in [1.165, 1.54) is 0 Å². The second-order valence-electron chi connectivity index (χ2n) is 13.3. The van der Waals surface area contributed by atoms with Gasteiger partial charge in [-0.25, -0.2) is 4.98 Å². The summed E-state index contributed by atoms with van der Waals surface area (Å²) in [6.45, 7) is 3.06. The van der Waals surface area contributed by atoms with Gasteiger partial charge in [0.1, 0.15) is 23.8 Å². The lowest BCUT2D eigenvalue weighted by Crippen LogP contribution is -2.40. The molecule has 0 bridgehead atoms. The summed E-state index contributed by atoms with van der Waals surface area (Å²) < 4.78 is 36.0. The first-order valence-corrected chi connectivity index (χ1v) is 21.3. The maximum Gasteiger partial charge on any atom is 0.260 e. The van der Waals surface area contributed by atoms with Gasteiger partial charge in [-0.3, -0.25) is 13.6 Å². The molecule has 2 atom stereocenters. The SMILES string of the molecule is CN1CCC(Oc2ccc(Nc3ncc4cc(-c5c(Cl)cc([SH](C)(=O)c6ccccc6)cc5Cl)c(=O)n(C5CCN([S+](C)[O-])CC5)c4n3)cc2)C1. The molecule has 10 nitrogen and oxygen atoms in total. The summed E-state index contributed by atoms with van der Waals surface area (Å²) in [7, 11) is -0.930. The van der Waals surface area contributed by atoms with Crippen LogP contribution in [0.1, 0.15) is 25.3 Å². The number of thiol groups is 1. The molecule has 268 valence electrons. The third-order valence-corrected chi connectivity index (χ3v) is 13.9. The Bertz CT molecular complexity index is 2140. The molecule has 0 spiro atoms. The van der Waals surface area contributed by atoms with Crippen LogP contribution in [0.4, 0.5) is 11.6 Å². The average molecular weight is 768 g/mol. The van der Waals surface area contributed by atoms with Crippen molar-refractivity contribution in [2.45, 2.75) is 41.2 Å². The minimum absolute atomic E-state index is 0.175. The number of likely N-dealkylation sites (tertiary alicyclic amines) is 1. The van der Waals surface area contributed by atoms with Crippen molar-refractivity contribution in [3.63, 3.8) is 0 Å². The van der Waals surface area contributed by atoms with Gasteiger partial charge < -0.3 is 19.5 Å². The first-order valence-electron chi connectivity index (χ1n) is 16.8. The highest BCUT2D eigenvalue weighted by molar-refractivity contribution is 8.02. The molecule has 51 heavy (non-hydrogen) atoms. The van der Waals surface area contributed by atoms with Crippen molar-refractivity contribution < 1.29 is 13.5 Å². The van der Waals surface area contributed by atoms with Gasteiger partial charge >= 0.3 is 0 Å². The molecular formula is C37H40Cl2N6O4S2. The third kappa shape index (κ3) is 7.54. The molecule has 2 aliphatic rings. The number of hydrogen-bond donors (Lipinski definition) is 2. The summed E-state index contributed by atoms with van der Waals surface area (Å²) in [5.41, 5.74) is 1.59. The molecule has 0 aliphatic carbocycles. The number of halogens is 2. The number of likely N-dealkylation sites (N-methyl/N-ethyl adjacent to an activating group) is 1. The second kappa shape index (κ2) is 14.9. The predicted octanol–water partition coefficient (Wildman–Crippen LogP) is 6.59. The molecule has 2 fully saturated rings. The van der Waals surface area contributed by atoms with Crippen molar-refractivity contribution in [2.75, 3.05) is 51.1 Å². The van der Waals surface area contributed by atoms with Crippen LogP contribution in [-0.4, -0.2) is 84.3 Å². The van der Waals surface area contributed by atoms with E-state index in [2.05, 4.69) is 22.2 Å². The van der Waals surface area contributed by atoms with Crippen LogP contribution >= 0.6 is 23.2 Å². The Hall–Kier alpha value is -3.49. The summed E-state index contributed by atoms with van der Waals surface area (Å²) in [6.07, 6.45) is 7.40. The number of aromatic nitrogens is 3. The van der Waals surface area contributed by atoms with Gasteiger partial charge in [-0.1, -0.05) is 51.3 Å². The highest BCUT2D eigenvalue weighted by Crippen LogP contribution is 2.40. The highest BCUT2D eigenvalue weighted by Gasteiger charge is 2.30. The Labute approximate surface area is 311 Å². The molecule has 0 amide bonds. The van der Waals surface area contributed by atoms with Crippen molar-refractivity contribution in [1.29, 1.82) is 0 Å². The molecule has 0 saturated carbocycles. The number of benzene rings is 3. The minimum atomic E-state index is -3.02. The molecule has 4 heterocycles. The van der Waals surface area contributed by atoms with Gasteiger partial charge in [0.2, 0.25) is 5.95 Å². The van der Waals surface area contributed by atoms with Crippen LogP contribution in [0.2, 0.25) is 10.0 Å². The number of anilines is 2. The summed E-state index contributed by atoms with van der Waals surface area (Å²) in [5, 5.41) is 4.35. The van der Waals surface area contributed by atoms with Crippen LogP contribution in [0.5, 0.6) is 5.75 Å². The van der Waals surface area contributed by atoms with Gasteiger partial charge in [-0.15, -0.1) is 4.31 Å². The average Bonchev–Trinajstić information content (AvgIpc) is 3.53. The fourth-order valence-electron chi connectivity index (χ4n) is 6.91. The maximum absolute atomic E-state index is 14.6. The van der Waals surface area contributed by atoms with Gasteiger partial charge in [-0.05, 0) is 87.2 Å². The number of rotatable bonds is 9. The normalized spacial score (nSPS) is 18.6. The number of fused-ring (bicyclic) bond motifs is 1. The Morgan fingerprint density at radius 2 is 1.65 bits per heavy atom. The zero-order valence-electron chi connectivity index (χ0n) is 28.6. The molecule has 2 aliphatic heterocycles. The monoisotopic (exact) mass is 766 g/mol. The van der Waals surface area contributed by atoms with Crippen LogP contribution in [0.15, 0.2) is 93.6 Å². The molecule has 2 aromatic heterocycles. The van der Waals surface area contributed by atoms with Crippen LogP contribution in [0.25, 0.3) is 22.2 Å². The molecule has 2 unspecified atom stereocenters. The van der Waals surface area contributed by atoms with E-state index in [-0.39, 0.29) is 27.8 Å². The van der Waals surface area contributed by atoms with Gasteiger partial charge in [0.05, 0.1) is 15.6 Å². The van der Waals surface area contributed by atoms with Crippen molar-refractivity contribution in [3.8, 4) is 16.9 Å². The van der Waals surface area contributed by atoms with E-state index >= 15 is 0 Å². The summed E-state index contributed by atoms with van der Waals surface area (Å²) in [4.78, 5) is 27.5. The zero-order valence-corrected chi connectivity index (χ0v) is 31.8. The molecule has 3 aromatic carbocycles. The van der Waals surface area contributed by atoms with Crippen LogP contribution in [-0.2, 0) is 21.3 Å². The summed E-state index contributed by atoms with van der Waals surface area (Å²) in [5.74, 6) is 1.13.